The molecule has 0 radical (unpaired) electrons. The van der Waals surface area contributed by atoms with Crippen LogP contribution in [0.15, 0.2) is 66.2 Å². The Morgan fingerprint density at radius 1 is 0.875 bits per heavy atom. The van der Waals surface area contributed by atoms with Crippen molar-refractivity contribution in [3.05, 3.63) is 71.1 Å². The fourth-order valence-electron chi connectivity index (χ4n) is 4.33. The standard InChI is InChI=1S/C24H21N3O3SSi/c1-26-23(29)16(22(28)25-24(26)30)14-15-12-13-21(31-15)27-17-8-4-6-10-19(17)32(2,3)20-11-7-5-9-18(20)27/h4-14H,1-3H3,(H,25,28,30)/b16-14+. The van der Waals surface area contributed by atoms with Crippen LogP contribution in [0.5, 0.6) is 0 Å². The second kappa shape index (κ2) is 7.28. The molecule has 0 bridgehead atoms. The Kier molecular flexibility index (Phi) is 4.65. The lowest BCUT2D eigenvalue weighted by Gasteiger charge is -2.40. The first-order valence-corrected chi connectivity index (χ1v) is 14.0. The second-order valence-electron chi connectivity index (χ2n) is 8.35. The SMILES string of the molecule is CN1C(=O)NC(=O)/C(=C\c2ccc(N3c4ccccc4[Si](C)(C)c4ccccc43)s2)C1=O. The minimum absolute atomic E-state index is 0.0477. The maximum Gasteiger partial charge on any atom is 0.331 e. The normalized spacial score (nSPS) is 18.5. The summed E-state index contributed by atoms with van der Waals surface area (Å²) in [6.07, 6.45) is 1.55. The summed E-state index contributed by atoms with van der Waals surface area (Å²) >= 11 is 1.50. The summed E-state index contributed by atoms with van der Waals surface area (Å²) in [5.41, 5.74) is 2.29. The molecule has 6 nitrogen and oxygen atoms in total. The molecular formula is C24H21N3O3SSi. The molecule has 160 valence electrons. The van der Waals surface area contributed by atoms with Crippen LogP contribution >= 0.6 is 11.3 Å². The average Bonchev–Trinajstić information content (AvgIpc) is 3.24. The van der Waals surface area contributed by atoms with Gasteiger partial charge in [0, 0.05) is 23.3 Å². The van der Waals surface area contributed by atoms with Crippen LogP contribution in [0.3, 0.4) is 0 Å². The number of hydrogen-bond acceptors (Lipinski definition) is 5. The highest BCUT2D eigenvalue weighted by Crippen LogP contribution is 2.41. The molecule has 1 N–H and O–H groups in total. The van der Waals surface area contributed by atoms with Crippen molar-refractivity contribution >= 4 is 70.1 Å². The first-order valence-electron chi connectivity index (χ1n) is 10.2. The molecule has 1 saturated heterocycles. The number of likely N-dealkylation sites (N-methyl/N-ethyl adjacent to an activating group) is 1. The van der Waals surface area contributed by atoms with Crippen molar-refractivity contribution in [3.8, 4) is 0 Å². The molecule has 3 heterocycles. The number of thiophene rings is 1. The Balaban J connectivity index is 1.60. The van der Waals surface area contributed by atoms with E-state index in [-0.39, 0.29) is 5.57 Å². The summed E-state index contributed by atoms with van der Waals surface area (Å²) < 4.78 is 0. The molecule has 4 amide bonds. The highest BCUT2D eigenvalue weighted by Gasteiger charge is 2.38. The highest BCUT2D eigenvalue weighted by molar-refractivity contribution is 7.17. The number of carbonyl (C=O) groups excluding carboxylic acids is 3. The number of nitrogens with one attached hydrogen (secondary N) is 1. The largest absolute Gasteiger partial charge is 0.331 e. The monoisotopic (exact) mass is 459 g/mol. The molecule has 2 aliphatic rings. The molecular weight excluding hydrogens is 438 g/mol. The van der Waals surface area contributed by atoms with Gasteiger partial charge in [0.25, 0.3) is 11.8 Å². The van der Waals surface area contributed by atoms with Crippen molar-refractivity contribution in [2.24, 2.45) is 0 Å². The van der Waals surface area contributed by atoms with Gasteiger partial charge in [-0.25, -0.2) is 4.79 Å². The molecule has 8 heteroatoms. The van der Waals surface area contributed by atoms with E-state index in [4.69, 9.17) is 0 Å². The summed E-state index contributed by atoms with van der Waals surface area (Å²) in [6.45, 7) is 4.74. The zero-order valence-electron chi connectivity index (χ0n) is 17.9. The number of nitrogens with zero attached hydrogens (tertiary/aromatic N) is 2. The lowest BCUT2D eigenvalue weighted by molar-refractivity contribution is -0.129. The topological polar surface area (TPSA) is 69.7 Å². The van der Waals surface area contributed by atoms with E-state index in [1.807, 2.05) is 12.1 Å². The summed E-state index contributed by atoms with van der Waals surface area (Å²) in [5, 5.41) is 5.93. The van der Waals surface area contributed by atoms with Crippen molar-refractivity contribution in [1.82, 2.24) is 10.2 Å². The first-order chi connectivity index (χ1) is 15.3. The van der Waals surface area contributed by atoms with E-state index in [9.17, 15) is 14.4 Å². The van der Waals surface area contributed by atoms with Gasteiger partial charge in [0.1, 0.15) is 18.6 Å². The van der Waals surface area contributed by atoms with Crippen LogP contribution in [-0.4, -0.2) is 37.9 Å². The molecule has 0 aliphatic carbocycles. The summed E-state index contributed by atoms with van der Waals surface area (Å²) in [6, 6.07) is 20.2. The maximum atomic E-state index is 12.4. The molecule has 1 fully saturated rings. The van der Waals surface area contributed by atoms with Gasteiger partial charge in [-0.05, 0) is 40.7 Å². The molecule has 2 aromatic carbocycles. The highest BCUT2D eigenvalue weighted by atomic mass is 32.1. The fourth-order valence-corrected chi connectivity index (χ4v) is 8.30. The van der Waals surface area contributed by atoms with E-state index >= 15 is 0 Å². The van der Waals surface area contributed by atoms with Crippen LogP contribution in [0, 0.1) is 0 Å². The van der Waals surface area contributed by atoms with E-state index < -0.39 is 25.9 Å². The van der Waals surface area contributed by atoms with E-state index in [2.05, 4.69) is 71.8 Å². The van der Waals surface area contributed by atoms with Crippen LogP contribution in [0.2, 0.25) is 13.1 Å². The molecule has 2 aliphatic heterocycles. The predicted molar refractivity (Wildman–Crippen MR) is 130 cm³/mol. The Hall–Kier alpha value is -3.49. The molecule has 1 aromatic heterocycles. The number of carbonyl (C=O) groups is 3. The average molecular weight is 460 g/mol. The molecule has 0 spiro atoms. The van der Waals surface area contributed by atoms with Gasteiger partial charge in [0.2, 0.25) is 0 Å². The molecule has 3 aromatic rings. The Labute approximate surface area is 190 Å². The zero-order valence-corrected chi connectivity index (χ0v) is 19.7. The minimum Gasteiger partial charge on any atom is -0.302 e. The Morgan fingerprint density at radius 3 is 2.09 bits per heavy atom. The lowest BCUT2D eigenvalue weighted by atomic mass is 10.1. The number of benzene rings is 2. The van der Waals surface area contributed by atoms with Crippen LogP contribution < -0.4 is 20.6 Å². The number of barbiturate groups is 1. The van der Waals surface area contributed by atoms with E-state index in [0.29, 0.717) is 0 Å². The van der Waals surface area contributed by atoms with Gasteiger partial charge in [0.15, 0.2) is 0 Å². The van der Waals surface area contributed by atoms with Gasteiger partial charge in [-0.15, -0.1) is 11.3 Å². The minimum atomic E-state index is -1.85. The van der Waals surface area contributed by atoms with Crippen LogP contribution in [0.1, 0.15) is 4.88 Å². The van der Waals surface area contributed by atoms with Crippen molar-refractivity contribution in [3.63, 3.8) is 0 Å². The molecule has 0 atom stereocenters. The fraction of sp³-hybridized carbons (Fsp3) is 0.125. The van der Waals surface area contributed by atoms with Gasteiger partial charge in [-0.2, -0.15) is 0 Å². The quantitative estimate of drug-likeness (QED) is 0.362. The van der Waals surface area contributed by atoms with Gasteiger partial charge < -0.3 is 4.90 Å². The third-order valence-electron chi connectivity index (χ3n) is 6.06. The van der Waals surface area contributed by atoms with Crippen LogP contribution in [0.25, 0.3) is 6.08 Å². The number of para-hydroxylation sites is 2. The number of fused-ring (bicyclic) bond motifs is 2. The molecule has 0 unspecified atom stereocenters. The molecule has 32 heavy (non-hydrogen) atoms. The van der Waals surface area contributed by atoms with Crippen molar-refractivity contribution in [2.45, 2.75) is 13.1 Å². The number of anilines is 3. The summed E-state index contributed by atoms with van der Waals surface area (Å²) in [5.74, 6) is -1.27. The van der Waals surface area contributed by atoms with Gasteiger partial charge in [-0.3, -0.25) is 19.8 Å². The van der Waals surface area contributed by atoms with Gasteiger partial charge in [0.05, 0.1) is 0 Å². The number of amides is 4. The van der Waals surface area contributed by atoms with Crippen LogP contribution in [0.4, 0.5) is 21.2 Å². The summed E-state index contributed by atoms with van der Waals surface area (Å²) in [4.78, 5) is 40.2. The number of rotatable bonds is 2. The van der Waals surface area contributed by atoms with Crippen molar-refractivity contribution in [2.75, 3.05) is 11.9 Å². The lowest BCUT2D eigenvalue weighted by Crippen LogP contribution is -2.58. The Morgan fingerprint density at radius 2 is 1.47 bits per heavy atom. The number of imide groups is 2. The van der Waals surface area contributed by atoms with E-state index in [1.54, 1.807) is 6.08 Å². The first kappa shape index (κ1) is 20.4. The van der Waals surface area contributed by atoms with Crippen molar-refractivity contribution in [1.29, 1.82) is 0 Å². The van der Waals surface area contributed by atoms with Crippen LogP contribution in [-0.2, 0) is 9.59 Å². The van der Waals surface area contributed by atoms with Gasteiger partial charge >= 0.3 is 6.03 Å². The third-order valence-corrected chi connectivity index (χ3v) is 10.6. The number of hydrogen-bond donors (Lipinski definition) is 1. The predicted octanol–water partition coefficient (Wildman–Crippen LogP) is 3.45. The maximum absolute atomic E-state index is 12.4. The third kappa shape index (κ3) is 3.02. The second-order valence-corrected chi connectivity index (χ2v) is 13.8. The smallest absolute Gasteiger partial charge is 0.302 e. The van der Waals surface area contributed by atoms with E-state index in [0.717, 1.165) is 14.8 Å². The Bertz CT molecular complexity index is 1280. The zero-order chi connectivity index (χ0) is 22.6. The van der Waals surface area contributed by atoms with E-state index in [1.165, 1.54) is 40.1 Å². The van der Waals surface area contributed by atoms with Crippen molar-refractivity contribution < 1.29 is 14.4 Å². The molecule has 5 rings (SSSR count). The van der Waals surface area contributed by atoms with Gasteiger partial charge in [-0.1, -0.05) is 49.5 Å². The molecule has 0 saturated carbocycles. The summed E-state index contributed by atoms with van der Waals surface area (Å²) in [7, 11) is -0.499. The number of urea groups is 1.